The zero-order valence-corrected chi connectivity index (χ0v) is 21.5. The van der Waals surface area contributed by atoms with Gasteiger partial charge in [0, 0.05) is 12.3 Å². The van der Waals surface area contributed by atoms with Crippen molar-refractivity contribution in [2.45, 2.75) is 83.1 Å². The molecule has 3 saturated carbocycles. The maximum Gasteiger partial charge on any atom is 0.424 e. The summed E-state index contributed by atoms with van der Waals surface area (Å²) >= 11 is 0. The largest absolute Gasteiger partial charge is 0.424 e. The molecule has 1 N–H and O–H groups in total. The van der Waals surface area contributed by atoms with Crippen LogP contribution in [0.4, 0.5) is 26.3 Å². The van der Waals surface area contributed by atoms with Crippen LogP contribution < -0.4 is 5.32 Å². The van der Waals surface area contributed by atoms with Crippen LogP contribution in [0.3, 0.4) is 0 Å². The number of benzene rings is 1. The average molecular weight is 542 g/mol. The highest BCUT2D eigenvalue weighted by Gasteiger charge is 2.73. The van der Waals surface area contributed by atoms with Crippen molar-refractivity contribution in [3.8, 4) is 0 Å². The van der Waals surface area contributed by atoms with Crippen LogP contribution in [0.5, 0.6) is 0 Å². The molecule has 208 valence electrons. The highest BCUT2D eigenvalue weighted by atomic mass is 19.4. The molecule has 0 unspecified atom stereocenters. The number of ketones is 1. The molecule has 0 saturated heterocycles. The third-order valence-electron chi connectivity index (χ3n) is 10.6. The van der Waals surface area contributed by atoms with E-state index in [2.05, 4.69) is 6.92 Å². The first kappa shape index (κ1) is 27.3. The maximum absolute atomic E-state index is 14.3. The predicted octanol–water partition coefficient (Wildman–Crippen LogP) is 7.27. The minimum Gasteiger partial charge on any atom is -0.331 e. The van der Waals surface area contributed by atoms with E-state index in [1.54, 1.807) is 6.08 Å². The van der Waals surface area contributed by atoms with Gasteiger partial charge >= 0.3 is 12.4 Å². The molecule has 0 heterocycles. The van der Waals surface area contributed by atoms with Gasteiger partial charge in [-0.25, -0.2) is 0 Å². The van der Waals surface area contributed by atoms with E-state index in [1.165, 1.54) is 17.0 Å². The smallest absolute Gasteiger partial charge is 0.331 e. The van der Waals surface area contributed by atoms with E-state index in [0.29, 0.717) is 25.2 Å². The van der Waals surface area contributed by atoms with E-state index < -0.39 is 40.7 Å². The second-order valence-electron chi connectivity index (χ2n) is 12.2. The molecule has 4 aliphatic rings. The van der Waals surface area contributed by atoms with Crippen molar-refractivity contribution in [2.75, 3.05) is 0 Å². The Labute approximate surface area is 218 Å². The van der Waals surface area contributed by atoms with Crippen LogP contribution in [0.15, 0.2) is 42.0 Å². The fourth-order valence-electron chi connectivity index (χ4n) is 8.65. The van der Waals surface area contributed by atoms with Crippen molar-refractivity contribution in [3.63, 3.8) is 0 Å². The van der Waals surface area contributed by atoms with Gasteiger partial charge in [0.05, 0.1) is 0 Å². The first-order valence-electron chi connectivity index (χ1n) is 13.4. The number of allylic oxidation sites excluding steroid dienone is 1. The molecule has 5 rings (SSSR count). The molecule has 3 nitrogen and oxygen atoms in total. The van der Waals surface area contributed by atoms with Gasteiger partial charge in [-0.05, 0) is 85.2 Å². The Morgan fingerprint density at radius 1 is 0.868 bits per heavy atom. The van der Waals surface area contributed by atoms with Crippen molar-refractivity contribution in [1.29, 1.82) is 0 Å². The summed E-state index contributed by atoms with van der Waals surface area (Å²) in [5.41, 5.74) is -5.17. The van der Waals surface area contributed by atoms with Crippen molar-refractivity contribution in [2.24, 2.45) is 34.5 Å². The van der Waals surface area contributed by atoms with Gasteiger partial charge in [-0.3, -0.25) is 9.59 Å². The first-order valence-corrected chi connectivity index (χ1v) is 13.4. The Hall–Kier alpha value is -2.32. The minimum atomic E-state index is -5.79. The molecule has 1 aromatic carbocycles. The lowest BCUT2D eigenvalue weighted by atomic mass is 9.47. The van der Waals surface area contributed by atoms with E-state index in [-0.39, 0.29) is 29.5 Å². The van der Waals surface area contributed by atoms with Crippen LogP contribution in [0.25, 0.3) is 0 Å². The number of halogens is 6. The highest BCUT2D eigenvalue weighted by Crippen LogP contribution is 2.67. The lowest BCUT2D eigenvalue weighted by Gasteiger charge is -2.58. The number of hydrogen-bond donors (Lipinski definition) is 1. The quantitative estimate of drug-likeness (QED) is 0.409. The summed E-state index contributed by atoms with van der Waals surface area (Å²) in [6.45, 7) is 4.08. The van der Waals surface area contributed by atoms with Gasteiger partial charge in [0.15, 0.2) is 5.78 Å². The number of fused-ring (bicyclic) bond motifs is 5. The van der Waals surface area contributed by atoms with Gasteiger partial charge in [0.25, 0.3) is 5.54 Å². The van der Waals surface area contributed by atoms with Crippen LogP contribution in [0.1, 0.15) is 70.8 Å². The van der Waals surface area contributed by atoms with Gasteiger partial charge in [-0.2, -0.15) is 26.3 Å². The standard InChI is InChI=1S/C29H33F6NO2/c1-25-14-12-19(37)16-18(25)8-9-20-21-10-11-23(26(21,2)15-13-22(20)25)24(38)36-27(28(30,31)32,29(33,34)35)17-6-4-3-5-7-17/h3-7,16,20-23H,8-15H2,1-2H3,(H,36,38)/t20-,21-,22-,23+,25-,26-/m0/s1. The Bertz CT molecular complexity index is 1130. The fourth-order valence-corrected chi connectivity index (χ4v) is 8.65. The van der Waals surface area contributed by atoms with Crippen molar-refractivity contribution in [1.82, 2.24) is 5.32 Å². The molecule has 0 bridgehead atoms. The minimum absolute atomic E-state index is 0.0379. The van der Waals surface area contributed by atoms with E-state index in [9.17, 15) is 35.9 Å². The number of nitrogens with one attached hydrogen (secondary N) is 1. The molecule has 1 aromatic rings. The summed E-state index contributed by atoms with van der Waals surface area (Å²) in [4.78, 5) is 25.6. The summed E-state index contributed by atoms with van der Waals surface area (Å²) < 4.78 is 85.9. The van der Waals surface area contributed by atoms with E-state index >= 15 is 0 Å². The van der Waals surface area contributed by atoms with Crippen molar-refractivity contribution < 1.29 is 35.9 Å². The molecule has 9 heteroatoms. The van der Waals surface area contributed by atoms with Crippen molar-refractivity contribution in [3.05, 3.63) is 47.5 Å². The molecule has 0 radical (unpaired) electrons. The Kier molecular flexibility index (Phi) is 6.35. The summed E-state index contributed by atoms with van der Waals surface area (Å²) in [6, 6.07) is 5.06. The number of carbonyl (C=O) groups is 2. The zero-order chi connectivity index (χ0) is 27.7. The molecule has 4 aliphatic carbocycles. The Balaban J connectivity index is 1.45. The molecule has 0 aromatic heterocycles. The van der Waals surface area contributed by atoms with Gasteiger partial charge in [-0.1, -0.05) is 49.8 Å². The van der Waals surface area contributed by atoms with Crippen LogP contribution in [0, 0.1) is 34.5 Å². The molecule has 38 heavy (non-hydrogen) atoms. The summed E-state index contributed by atoms with van der Waals surface area (Å²) in [5.74, 6) is -1.42. The zero-order valence-electron chi connectivity index (χ0n) is 21.5. The lowest BCUT2D eigenvalue weighted by molar-refractivity contribution is -0.312. The summed E-state index contributed by atoms with van der Waals surface area (Å²) in [5, 5.41) is 1.52. The molecule has 3 fully saturated rings. The van der Waals surface area contributed by atoms with Crippen LogP contribution in [-0.4, -0.2) is 24.0 Å². The van der Waals surface area contributed by atoms with Gasteiger partial charge in [-0.15, -0.1) is 0 Å². The normalized spacial score (nSPS) is 35.6. The number of hydrogen-bond acceptors (Lipinski definition) is 2. The maximum atomic E-state index is 14.3. The SMILES string of the molecule is C[C@]12CC[C@H]3[C@@H](CCC4=CC(=O)CC[C@@]43C)[C@@H]1CC[C@@H]2C(=O)NC(c1ccccc1)(C(F)(F)F)C(F)(F)F. The van der Waals surface area contributed by atoms with Crippen molar-refractivity contribution >= 4 is 11.7 Å². The lowest BCUT2D eigenvalue weighted by Crippen LogP contribution is -2.66. The highest BCUT2D eigenvalue weighted by molar-refractivity contribution is 5.91. The van der Waals surface area contributed by atoms with Crippen LogP contribution in [0.2, 0.25) is 0 Å². The number of carbonyl (C=O) groups excluding carboxylic acids is 2. The third kappa shape index (κ3) is 3.85. The fraction of sp³-hybridized carbons (Fsp3) is 0.655. The average Bonchev–Trinajstić information content (AvgIpc) is 3.19. The Morgan fingerprint density at radius 3 is 2.16 bits per heavy atom. The predicted molar refractivity (Wildman–Crippen MR) is 129 cm³/mol. The first-order chi connectivity index (χ1) is 17.6. The second-order valence-corrected chi connectivity index (χ2v) is 12.2. The monoisotopic (exact) mass is 541 g/mol. The van der Waals surface area contributed by atoms with E-state index in [1.807, 2.05) is 6.92 Å². The number of alkyl halides is 6. The number of amides is 1. The topological polar surface area (TPSA) is 46.2 Å². The molecule has 1 amide bonds. The second kappa shape index (κ2) is 8.85. The van der Waals surface area contributed by atoms with Crippen LogP contribution >= 0.6 is 0 Å². The molecular formula is C29H33F6NO2. The van der Waals surface area contributed by atoms with Gasteiger partial charge < -0.3 is 5.32 Å². The summed E-state index contributed by atoms with van der Waals surface area (Å²) in [7, 11) is 0. The van der Waals surface area contributed by atoms with E-state index in [0.717, 1.165) is 49.9 Å². The Morgan fingerprint density at radius 2 is 1.53 bits per heavy atom. The molecule has 6 atom stereocenters. The van der Waals surface area contributed by atoms with Gasteiger partial charge in [0.1, 0.15) is 0 Å². The molecule has 0 spiro atoms. The van der Waals surface area contributed by atoms with Gasteiger partial charge in [0.2, 0.25) is 5.91 Å². The molecule has 0 aliphatic heterocycles. The molecular weight excluding hydrogens is 508 g/mol. The third-order valence-corrected chi connectivity index (χ3v) is 10.6. The van der Waals surface area contributed by atoms with E-state index in [4.69, 9.17) is 0 Å². The van der Waals surface area contributed by atoms with Crippen LogP contribution in [-0.2, 0) is 15.1 Å². The number of rotatable bonds is 3. The summed E-state index contributed by atoms with van der Waals surface area (Å²) in [6.07, 6.45) is -4.79.